The maximum absolute atomic E-state index is 12.0. The first kappa shape index (κ1) is 25.1. The van der Waals surface area contributed by atoms with Gasteiger partial charge in [0.2, 0.25) is 6.29 Å². The number of unbranched alkanes of at least 4 members (excludes halogenated alkanes) is 9. The van der Waals surface area contributed by atoms with Gasteiger partial charge in [0.05, 0.1) is 0 Å². The second-order valence-electron chi connectivity index (χ2n) is 7.63. The van der Waals surface area contributed by atoms with Gasteiger partial charge in [-0.3, -0.25) is 9.59 Å². The van der Waals surface area contributed by atoms with Gasteiger partial charge in [-0.15, -0.1) is 0 Å². The number of aliphatic carboxylic acids is 1. The largest absolute Gasteiger partial charge is 0.481 e. The molecule has 166 valence electrons. The third kappa shape index (κ3) is 11.6. The lowest BCUT2D eigenvalue weighted by Crippen LogP contribution is -2.26. The van der Waals surface area contributed by atoms with E-state index in [0.717, 1.165) is 19.3 Å². The molecule has 1 heterocycles. The van der Waals surface area contributed by atoms with E-state index in [2.05, 4.69) is 6.92 Å². The van der Waals surface area contributed by atoms with E-state index >= 15 is 0 Å². The number of aliphatic hydroxyl groups is 1. The number of carboxylic acids is 1. The van der Waals surface area contributed by atoms with Crippen LogP contribution in [-0.2, 0) is 23.9 Å². The van der Waals surface area contributed by atoms with E-state index in [9.17, 15) is 19.5 Å². The first-order valence-corrected chi connectivity index (χ1v) is 11.0. The van der Waals surface area contributed by atoms with Crippen molar-refractivity contribution in [2.75, 3.05) is 0 Å². The van der Waals surface area contributed by atoms with Crippen molar-refractivity contribution >= 4 is 17.9 Å². The fraction of sp³-hybridized carbons (Fsp3) is 0.773. The summed E-state index contributed by atoms with van der Waals surface area (Å²) in [4.78, 5) is 33.9. The molecule has 0 aliphatic carbocycles. The summed E-state index contributed by atoms with van der Waals surface area (Å²) in [5, 5.41) is 18.5. The van der Waals surface area contributed by atoms with Crippen LogP contribution in [0.2, 0.25) is 0 Å². The molecule has 7 heteroatoms. The molecule has 0 aromatic carbocycles. The molecule has 0 spiro atoms. The third-order valence-corrected chi connectivity index (χ3v) is 5.03. The van der Waals surface area contributed by atoms with Crippen molar-refractivity contribution in [3.8, 4) is 0 Å². The maximum Gasteiger partial charge on any atom is 0.333 e. The Hall–Kier alpha value is -1.89. The Balaban J connectivity index is 2.34. The number of esters is 2. The molecule has 0 aromatic rings. The SMILES string of the molecule is CCCCCCCCCCCCC(OC(=O)CCCC(=O)O)C1=CC(=O)OC1O. The standard InChI is InChI=1S/C22H36O7/c1-2-3-4-5-6-7-8-9-10-11-13-18(17-16-21(26)29-22(17)27)28-20(25)15-12-14-19(23)24/h16,18,22,27H,2-15H2,1H3,(H,23,24). The average Bonchev–Trinajstić information content (AvgIpc) is 3.00. The second-order valence-corrected chi connectivity index (χ2v) is 7.63. The number of cyclic esters (lactones) is 1. The molecule has 0 fully saturated rings. The van der Waals surface area contributed by atoms with Crippen LogP contribution in [0.1, 0.15) is 96.8 Å². The van der Waals surface area contributed by atoms with Crippen molar-refractivity contribution in [3.05, 3.63) is 11.6 Å². The average molecular weight is 413 g/mol. The maximum atomic E-state index is 12.0. The zero-order valence-corrected chi connectivity index (χ0v) is 17.6. The Bertz CT molecular complexity index is 541. The van der Waals surface area contributed by atoms with E-state index in [1.165, 1.54) is 51.0 Å². The third-order valence-electron chi connectivity index (χ3n) is 5.03. The smallest absolute Gasteiger partial charge is 0.333 e. The highest BCUT2D eigenvalue weighted by molar-refractivity contribution is 5.86. The lowest BCUT2D eigenvalue weighted by atomic mass is 10.0. The van der Waals surface area contributed by atoms with Crippen LogP contribution in [0, 0.1) is 0 Å². The Labute approximate surface area is 173 Å². The van der Waals surface area contributed by atoms with E-state index in [1.807, 2.05) is 0 Å². The van der Waals surface area contributed by atoms with Gasteiger partial charge < -0.3 is 19.7 Å². The van der Waals surface area contributed by atoms with Crippen molar-refractivity contribution in [1.82, 2.24) is 0 Å². The molecule has 0 bridgehead atoms. The summed E-state index contributed by atoms with van der Waals surface area (Å²) in [6.07, 6.45) is 11.4. The zero-order chi connectivity index (χ0) is 21.5. The van der Waals surface area contributed by atoms with Crippen LogP contribution in [-0.4, -0.2) is 40.5 Å². The minimum absolute atomic E-state index is 0.0149. The van der Waals surface area contributed by atoms with Gasteiger partial charge >= 0.3 is 17.9 Å². The first-order chi connectivity index (χ1) is 13.9. The quantitative estimate of drug-likeness (QED) is 0.271. The van der Waals surface area contributed by atoms with Gasteiger partial charge in [-0.25, -0.2) is 4.79 Å². The van der Waals surface area contributed by atoms with E-state index in [0.29, 0.717) is 6.42 Å². The summed E-state index contributed by atoms with van der Waals surface area (Å²) in [6.45, 7) is 2.21. The predicted molar refractivity (Wildman–Crippen MR) is 108 cm³/mol. The van der Waals surface area contributed by atoms with Crippen molar-refractivity contribution in [2.45, 2.75) is 109 Å². The lowest BCUT2D eigenvalue weighted by Gasteiger charge is -2.20. The summed E-state index contributed by atoms with van der Waals surface area (Å²) in [5.74, 6) is -2.15. The summed E-state index contributed by atoms with van der Waals surface area (Å²) in [7, 11) is 0. The highest BCUT2D eigenvalue weighted by Gasteiger charge is 2.32. The minimum Gasteiger partial charge on any atom is -0.481 e. The van der Waals surface area contributed by atoms with Crippen molar-refractivity contribution in [2.24, 2.45) is 0 Å². The number of rotatable bonds is 17. The normalized spacial score (nSPS) is 17.0. The van der Waals surface area contributed by atoms with Crippen LogP contribution >= 0.6 is 0 Å². The van der Waals surface area contributed by atoms with Crippen molar-refractivity contribution in [1.29, 1.82) is 0 Å². The Kier molecular flexibility index (Phi) is 13.0. The Morgan fingerprint density at radius 1 is 1.00 bits per heavy atom. The monoisotopic (exact) mass is 412 g/mol. The molecule has 1 aliphatic rings. The number of aliphatic hydroxyl groups excluding tert-OH is 1. The number of carbonyl (C=O) groups excluding carboxylic acids is 2. The van der Waals surface area contributed by atoms with Gasteiger partial charge in [-0.05, 0) is 19.3 Å². The predicted octanol–water partition coefficient (Wildman–Crippen LogP) is 4.27. The summed E-state index contributed by atoms with van der Waals surface area (Å²) in [6, 6.07) is 0. The molecule has 2 N–H and O–H groups in total. The van der Waals surface area contributed by atoms with Crippen LogP contribution < -0.4 is 0 Å². The highest BCUT2D eigenvalue weighted by atomic mass is 16.6. The number of hydrogen-bond donors (Lipinski definition) is 2. The first-order valence-electron chi connectivity index (χ1n) is 11.0. The fourth-order valence-electron chi connectivity index (χ4n) is 3.38. The van der Waals surface area contributed by atoms with Gasteiger partial charge in [0, 0.05) is 24.5 Å². The molecule has 0 saturated heterocycles. The van der Waals surface area contributed by atoms with Crippen LogP contribution in [0.3, 0.4) is 0 Å². The van der Waals surface area contributed by atoms with Crippen LogP contribution in [0.15, 0.2) is 11.6 Å². The molecule has 7 nitrogen and oxygen atoms in total. The molecule has 2 atom stereocenters. The van der Waals surface area contributed by atoms with Gasteiger partial charge in [0.15, 0.2) is 0 Å². The molecular weight excluding hydrogens is 376 g/mol. The molecule has 2 unspecified atom stereocenters. The van der Waals surface area contributed by atoms with Crippen LogP contribution in [0.5, 0.6) is 0 Å². The molecule has 0 radical (unpaired) electrons. The number of ether oxygens (including phenoxy) is 2. The van der Waals surface area contributed by atoms with E-state index in [-0.39, 0.29) is 24.8 Å². The zero-order valence-electron chi connectivity index (χ0n) is 17.6. The summed E-state index contributed by atoms with van der Waals surface area (Å²) < 4.78 is 10.1. The highest BCUT2D eigenvalue weighted by Crippen LogP contribution is 2.24. The van der Waals surface area contributed by atoms with Crippen LogP contribution in [0.25, 0.3) is 0 Å². The number of hydrogen-bond acceptors (Lipinski definition) is 6. The summed E-state index contributed by atoms with van der Waals surface area (Å²) >= 11 is 0. The second kappa shape index (κ2) is 15.0. The lowest BCUT2D eigenvalue weighted by molar-refractivity contribution is -0.154. The molecular formula is C22H36O7. The molecule has 1 aliphatic heterocycles. The number of carbonyl (C=O) groups is 3. The van der Waals surface area contributed by atoms with E-state index in [1.54, 1.807) is 0 Å². The van der Waals surface area contributed by atoms with E-state index in [4.69, 9.17) is 14.6 Å². The molecule has 0 aromatic heterocycles. The Morgan fingerprint density at radius 3 is 2.10 bits per heavy atom. The van der Waals surface area contributed by atoms with Gasteiger partial charge in [0.1, 0.15) is 6.10 Å². The number of carboxylic acid groups (broad SMARTS) is 1. The minimum atomic E-state index is -1.39. The van der Waals surface area contributed by atoms with E-state index < -0.39 is 30.3 Å². The topological polar surface area (TPSA) is 110 Å². The van der Waals surface area contributed by atoms with Crippen LogP contribution in [0.4, 0.5) is 0 Å². The van der Waals surface area contributed by atoms with Gasteiger partial charge in [-0.2, -0.15) is 0 Å². The molecule has 1 rings (SSSR count). The molecule has 0 saturated carbocycles. The Morgan fingerprint density at radius 2 is 1.59 bits per heavy atom. The summed E-state index contributed by atoms with van der Waals surface area (Å²) in [5.41, 5.74) is 0.262. The fourth-order valence-corrected chi connectivity index (χ4v) is 3.38. The molecule has 29 heavy (non-hydrogen) atoms. The van der Waals surface area contributed by atoms with Gasteiger partial charge in [0.25, 0.3) is 0 Å². The van der Waals surface area contributed by atoms with Gasteiger partial charge in [-0.1, -0.05) is 64.7 Å². The van der Waals surface area contributed by atoms with Crippen molar-refractivity contribution in [3.63, 3.8) is 0 Å². The molecule has 0 amide bonds. The van der Waals surface area contributed by atoms with Crippen molar-refractivity contribution < 1.29 is 34.1 Å².